The Morgan fingerprint density at radius 2 is 1.95 bits per heavy atom. The van der Waals surface area contributed by atoms with E-state index in [1.807, 2.05) is 26.8 Å². The molecule has 0 heterocycles. The van der Waals surface area contributed by atoms with E-state index >= 15 is 0 Å². The molecule has 0 fully saturated rings. The summed E-state index contributed by atoms with van der Waals surface area (Å²) in [5.74, 6) is 0.0643. The summed E-state index contributed by atoms with van der Waals surface area (Å²) in [5, 5.41) is 2.86. The van der Waals surface area contributed by atoms with E-state index in [-0.39, 0.29) is 17.8 Å². The van der Waals surface area contributed by atoms with E-state index in [2.05, 4.69) is 15.3 Å². The Bertz CT molecular complexity index is 573. The highest BCUT2D eigenvalue weighted by molar-refractivity contribution is 5.95. The summed E-state index contributed by atoms with van der Waals surface area (Å²) in [7, 11) is 0. The average molecular weight is 290 g/mol. The Labute approximate surface area is 124 Å². The van der Waals surface area contributed by atoms with Gasteiger partial charge in [-0.2, -0.15) is 4.99 Å². The van der Waals surface area contributed by atoms with Gasteiger partial charge in [0.2, 0.25) is 11.9 Å². The third-order valence-electron chi connectivity index (χ3n) is 2.65. The van der Waals surface area contributed by atoms with Crippen molar-refractivity contribution >= 4 is 29.2 Å². The molecule has 0 atom stereocenters. The van der Waals surface area contributed by atoms with Crippen molar-refractivity contribution < 1.29 is 4.79 Å². The van der Waals surface area contributed by atoms with Gasteiger partial charge in [-0.25, -0.2) is 4.99 Å². The molecule has 0 aliphatic heterocycles. The van der Waals surface area contributed by atoms with Crippen LogP contribution in [-0.4, -0.2) is 17.8 Å². The zero-order valence-electron chi connectivity index (χ0n) is 12.6. The number of rotatable bonds is 4. The molecule has 0 spiro atoms. The largest absolute Gasteiger partial charge is 0.370 e. The lowest BCUT2D eigenvalue weighted by Gasteiger charge is -2.11. The van der Waals surface area contributed by atoms with Crippen LogP contribution in [-0.2, 0) is 4.79 Å². The highest BCUT2D eigenvalue weighted by Gasteiger charge is 2.09. The number of aliphatic imine (C=N–C) groups is 2. The Morgan fingerprint density at radius 3 is 2.52 bits per heavy atom. The average Bonchev–Trinajstić information content (AvgIpc) is 2.32. The van der Waals surface area contributed by atoms with Crippen molar-refractivity contribution in [1.29, 1.82) is 0 Å². The SMILES string of the molecule is Cc1c(N=C(N)N=C(N)N)cccc1NC(=O)CC(C)C. The molecule has 0 aromatic heterocycles. The standard InChI is InChI=1S/C14H22N6O/c1-8(2)7-12(21)18-10-5-4-6-11(9(10)3)19-14(17)20-13(15)16/h4-6,8H,7H2,1-3H3,(H,18,21)(H6,15,16,17,19,20). The summed E-state index contributed by atoms with van der Waals surface area (Å²) in [6.45, 7) is 5.82. The van der Waals surface area contributed by atoms with Crippen LogP contribution in [0.3, 0.4) is 0 Å². The summed E-state index contributed by atoms with van der Waals surface area (Å²) >= 11 is 0. The van der Waals surface area contributed by atoms with Crippen LogP contribution < -0.4 is 22.5 Å². The van der Waals surface area contributed by atoms with E-state index in [1.165, 1.54) is 0 Å². The lowest BCUT2D eigenvalue weighted by atomic mass is 10.1. The van der Waals surface area contributed by atoms with E-state index < -0.39 is 0 Å². The number of guanidine groups is 2. The van der Waals surface area contributed by atoms with Crippen molar-refractivity contribution in [1.82, 2.24) is 0 Å². The van der Waals surface area contributed by atoms with Crippen LogP contribution in [0.25, 0.3) is 0 Å². The molecule has 114 valence electrons. The summed E-state index contributed by atoms with van der Waals surface area (Å²) in [5.41, 5.74) is 18.2. The second-order valence-electron chi connectivity index (χ2n) is 5.10. The molecule has 0 unspecified atom stereocenters. The molecule has 0 aliphatic rings. The lowest BCUT2D eigenvalue weighted by molar-refractivity contribution is -0.116. The van der Waals surface area contributed by atoms with Crippen LogP contribution in [0.15, 0.2) is 28.2 Å². The number of carbonyl (C=O) groups excluding carboxylic acids is 1. The van der Waals surface area contributed by atoms with Crippen molar-refractivity contribution in [2.45, 2.75) is 27.2 Å². The third kappa shape index (κ3) is 5.52. The number of benzene rings is 1. The molecular weight excluding hydrogens is 268 g/mol. The Morgan fingerprint density at radius 1 is 1.29 bits per heavy atom. The van der Waals surface area contributed by atoms with Gasteiger partial charge in [0.25, 0.3) is 0 Å². The second-order valence-corrected chi connectivity index (χ2v) is 5.10. The third-order valence-corrected chi connectivity index (χ3v) is 2.65. The predicted molar refractivity (Wildman–Crippen MR) is 86.4 cm³/mol. The summed E-state index contributed by atoms with van der Waals surface area (Å²) in [4.78, 5) is 19.6. The summed E-state index contributed by atoms with van der Waals surface area (Å²) in [6, 6.07) is 5.35. The predicted octanol–water partition coefficient (Wildman–Crippen LogP) is 1.20. The normalized spacial score (nSPS) is 11.3. The van der Waals surface area contributed by atoms with Gasteiger partial charge in [-0.15, -0.1) is 0 Å². The van der Waals surface area contributed by atoms with Crippen LogP contribution in [0.1, 0.15) is 25.8 Å². The summed E-state index contributed by atoms with van der Waals surface area (Å²) < 4.78 is 0. The molecule has 21 heavy (non-hydrogen) atoms. The van der Waals surface area contributed by atoms with Gasteiger partial charge in [0.1, 0.15) is 0 Å². The van der Waals surface area contributed by atoms with Crippen LogP contribution in [0.5, 0.6) is 0 Å². The number of nitrogens with two attached hydrogens (primary N) is 3. The first-order valence-electron chi connectivity index (χ1n) is 6.63. The fraction of sp³-hybridized carbons (Fsp3) is 0.357. The molecule has 7 N–H and O–H groups in total. The van der Waals surface area contributed by atoms with Gasteiger partial charge >= 0.3 is 0 Å². The summed E-state index contributed by atoms with van der Waals surface area (Å²) in [6.07, 6.45) is 0.461. The first kappa shape index (κ1) is 16.5. The maximum Gasteiger partial charge on any atom is 0.224 e. The van der Waals surface area contributed by atoms with Gasteiger partial charge in [-0.1, -0.05) is 19.9 Å². The number of hydrogen-bond acceptors (Lipinski definition) is 2. The number of hydrogen-bond donors (Lipinski definition) is 4. The van der Waals surface area contributed by atoms with Crippen LogP contribution in [0, 0.1) is 12.8 Å². The molecule has 0 bridgehead atoms. The molecular formula is C14H22N6O. The minimum absolute atomic E-state index is 0.0357. The highest BCUT2D eigenvalue weighted by atomic mass is 16.1. The quantitative estimate of drug-likeness (QED) is 0.490. The van der Waals surface area contributed by atoms with Crippen molar-refractivity contribution in [2.75, 3.05) is 5.32 Å². The first-order chi connectivity index (χ1) is 9.79. The zero-order valence-corrected chi connectivity index (χ0v) is 12.6. The number of carbonyl (C=O) groups is 1. The van der Waals surface area contributed by atoms with Gasteiger partial charge in [-0.3, -0.25) is 4.79 Å². The number of nitrogens with one attached hydrogen (secondary N) is 1. The van der Waals surface area contributed by atoms with Crippen molar-refractivity contribution in [3.05, 3.63) is 23.8 Å². The smallest absolute Gasteiger partial charge is 0.224 e. The van der Waals surface area contributed by atoms with Crippen LogP contribution >= 0.6 is 0 Å². The van der Waals surface area contributed by atoms with E-state index in [1.54, 1.807) is 12.1 Å². The molecule has 1 rings (SSSR count). The topological polar surface area (TPSA) is 132 Å². The lowest BCUT2D eigenvalue weighted by Crippen LogP contribution is -2.26. The molecule has 7 nitrogen and oxygen atoms in total. The molecule has 0 aliphatic carbocycles. The molecule has 1 aromatic rings. The minimum atomic E-state index is -0.157. The van der Waals surface area contributed by atoms with E-state index in [4.69, 9.17) is 17.2 Å². The highest BCUT2D eigenvalue weighted by Crippen LogP contribution is 2.26. The van der Waals surface area contributed by atoms with Crippen LogP contribution in [0.2, 0.25) is 0 Å². The van der Waals surface area contributed by atoms with Gasteiger partial charge in [0.15, 0.2) is 5.96 Å². The Hall–Kier alpha value is -2.57. The molecule has 1 amide bonds. The zero-order chi connectivity index (χ0) is 16.0. The molecule has 0 saturated heterocycles. The van der Waals surface area contributed by atoms with Crippen molar-refractivity contribution in [2.24, 2.45) is 33.1 Å². The number of amides is 1. The number of anilines is 1. The Kier molecular flexibility index (Phi) is 5.71. The fourth-order valence-corrected chi connectivity index (χ4v) is 1.73. The fourth-order valence-electron chi connectivity index (χ4n) is 1.73. The van der Waals surface area contributed by atoms with E-state index in [0.29, 0.717) is 23.7 Å². The molecule has 7 heteroatoms. The molecule has 0 radical (unpaired) electrons. The second kappa shape index (κ2) is 7.28. The first-order valence-corrected chi connectivity index (χ1v) is 6.63. The van der Waals surface area contributed by atoms with E-state index in [0.717, 1.165) is 5.56 Å². The Balaban J connectivity index is 2.99. The van der Waals surface area contributed by atoms with Crippen molar-refractivity contribution in [3.8, 4) is 0 Å². The van der Waals surface area contributed by atoms with Crippen LogP contribution in [0.4, 0.5) is 11.4 Å². The molecule has 1 aromatic carbocycles. The van der Waals surface area contributed by atoms with E-state index in [9.17, 15) is 4.79 Å². The van der Waals surface area contributed by atoms with Crippen molar-refractivity contribution in [3.63, 3.8) is 0 Å². The number of nitrogens with zero attached hydrogens (tertiary/aromatic N) is 2. The molecule has 0 saturated carbocycles. The van der Waals surface area contributed by atoms with Gasteiger partial charge in [-0.05, 0) is 30.5 Å². The van der Waals surface area contributed by atoms with Gasteiger partial charge in [0.05, 0.1) is 5.69 Å². The maximum atomic E-state index is 11.8. The minimum Gasteiger partial charge on any atom is -0.370 e. The van der Waals surface area contributed by atoms with Gasteiger partial charge < -0.3 is 22.5 Å². The maximum absolute atomic E-state index is 11.8. The monoisotopic (exact) mass is 290 g/mol. The van der Waals surface area contributed by atoms with Gasteiger partial charge in [0, 0.05) is 12.1 Å².